The number of aromatic nitrogens is 4. The summed E-state index contributed by atoms with van der Waals surface area (Å²) in [5, 5.41) is 3.87. The summed E-state index contributed by atoms with van der Waals surface area (Å²) in [7, 11) is 0. The van der Waals surface area contributed by atoms with Crippen molar-refractivity contribution in [2.24, 2.45) is 5.73 Å². The van der Waals surface area contributed by atoms with E-state index in [0.29, 0.717) is 23.9 Å². The standard InChI is InChI=1S/C30H26N6O/c1-2-22(31)17-37-23-10-21(13-33-15-23)29-12-24-25-11-18(7-8-28(25)35-16-26(24)30(32)36-29)20-9-19-5-3-4-6-27(19)34-14-20/h3-16,22H,2,17,31H2,1H3,(H2,32,36)/t22-/m0/s1. The molecule has 0 saturated heterocycles. The van der Waals surface area contributed by atoms with E-state index in [1.807, 2.05) is 49.5 Å². The second-order valence-corrected chi connectivity index (χ2v) is 9.15. The zero-order valence-corrected chi connectivity index (χ0v) is 20.4. The predicted molar refractivity (Wildman–Crippen MR) is 149 cm³/mol. The van der Waals surface area contributed by atoms with E-state index in [2.05, 4.69) is 44.2 Å². The number of ether oxygens (including phenoxy) is 1. The smallest absolute Gasteiger partial charge is 0.138 e. The summed E-state index contributed by atoms with van der Waals surface area (Å²) in [5.41, 5.74) is 17.9. The SMILES string of the molecule is CC[C@H](N)COc1cncc(-c2cc3c(cnc4ccc(-c5cnc6ccccc6c5)cc43)c(N)n2)c1. The Morgan fingerprint density at radius 3 is 2.54 bits per heavy atom. The van der Waals surface area contributed by atoms with E-state index in [0.717, 1.165) is 55.7 Å². The highest BCUT2D eigenvalue weighted by Gasteiger charge is 2.12. The molecule has 0 amide bonds. The third-order valence-electron chi connectivity index (χ3n) is 6.63. The Bertz CT molecular complexity index is 1770. The third kappa shape index (κ3) is 4.41. The molecule has 0 bridgehead atoms. The Morgan fingerprint density at radius 1 is 0.784 bits per heavy atom. The molecule has 4 aromatic heterocycles. The highest BCUT2D eigenvalue weighted by Crippen LogP contribution is 2.34. The first-order chi connectivity index (χ1) is 18.1. The zero-order chi connectivity index (χ0) is 25.4. The van der Waals surface area contributed by atoms with Crippen LogP contribution in [0.15, 0.2) is 85.5 Å². The van der Waals surface area contributed by atoms with Gasteiger partial charge >= 0.3 is 0 Å². The summed E-state index contributed by atoms with van der Waals surface area (Å²) in [6, 6.07) is 20.4. The molecule has 0 aliphatic heterocycles. The van der Waals surface area contributed by atoms with Crippen molar-refractivity contribution in [2.75, 3.05) is 12.3 Å². The molecule has 4 heterocycles. The minimum absolute atomic E-state index is 0.0241. The van der Waals surface area contributed by atoms with Crippen molar-refractivity contribution in [3.05, 3.63) is 85.5 Å². The number of anilines is 1. The molecule has 0 saturated carbocycles. The lowest BCUT2D eigenvalue weighted by molar-refractivity contribution is 0.284. The highest BCUT2D eigenvalue weighted by molar-refractivity contribution is 6.10. The number of rotatable bonds is 6. The van der Waals surface area contributed by atoms with Gasteiger partial charge in [0.25, 0.3) is 0 Å². The number of benzene rings is 2. The van der Waals surface area contributed by atoms with Gasteiger partial charge in [0, 0.05) is 51.9 Å². The normalized spacial score (nSPS) is 12.3. The fourth-order valence-corrected chi connectivity index (χ4v) is 4.45. The van der Waals surface area contributed by atoms with Crippen molar-refractivity contribution in [1.82, 2.24) is 19.9 Å². The Kier molecular flexibility index (Phi) is 5.82. The Labute approximate surface area is 214 Å². The number of hydrogen-bond acceptors (Lipinski definition) is 7. The van der Waals surface area contributed by atoms with Gasteiger partial charge in [-0.2, -0.15) is 0 Å². The third-order valence-corrected chi connectivity index (χ3v) is 6.63. The number of nitrogens with two attached hydrogens (primary N) is 2. The molecule has 0 unspecified atom stereocenters. The molecule has 0 fully saturated rings. The van der Waals surface area contributed by atoms with Crippen LogP contribution in [0.1, 0.15) is 13.3 Å². The second-order valence-electron chi connectivity index (χ2n) is 9.15. The van der Waals surface area contributed by atoms with Crippen LogP contribution in [0.2, 0.25) is 0 Å². The van der Waals surface area contributed by atoms with Gasteiger partial charge in [-0.1, -0.05) is 31.2 Å². The molecule has 0 aliphatic carbocycles. The van der Waals surface area contributed by atoms with Gasteiger partial charge in [0.05, 0.1) is 22.9 Å². The summed E-state index contributed by atoms with van der Waals surface area (Å²) in [6.45, 7) is 2.46. The fraction of sp³-hybridized carbons (Fsp3) is 0.133. The van der Waals surface area contributed by atoms with Crippen LogP contribution in [0.25, 0.3) is 55.0 Å². The van der Waals surface area contributed by atoms with E-state index >= 15 is 0 Å². The van der Waals surface area contributed by atoms with Gasteiger partial charge in [-0.15, -0.1) is 0 Å². The molecule has 7 heteroatoms. The first-order valence-electron chi connectivity index (χ1n) is 12.3. The summed E-state index contributed by atoms with van der Waals surface area (Å²) >= 11 is 0. The molecule has 0 aliphatic rings. The molecule has 0 radical (unpaired) electrons. The molecule has 0 spiro atoms. The number of hydrogen-bond donors (Lipinski definition) is 2. The quantitative estimate of drug-likeness (QED) is 0.288. The van der Waals surface area contributed by atoms with Crippen LogP contribution in [0.5, 0.6) is 5.75 Å². The topological polar surface area (TPSA) is 113 Å². The molecular formula is C30H26N6O. The summed E-state index contributed by atoms with van der Waals surface area (Å²) < 4.78 is 5.84. The lowest BCUT2D eigenvalue weighted by Gasteiger charge is -2.13. The molecule has 37 heavy (non-hydrogen) atoms. The lowest BCUT2D eigenvalue weighted by Crippen LogP contribution is -2.26. The number of pyridine rings is 4. The Morgan fingerprint density at radius 2 is 1.65 bits per heavy atom. The minimum atomic E-state index is -0.0241. The van der Waals surface area contributed by atoms with Gasteiger partial charge in [0.1, 0.15) is 18.2 Å². The number of para-hydroxylation sites is 1. The summed E-state index contributed by atoms with van der Waals surface area (Å²) in [5.74, 6) is 1.06. The summed E-state index contributed by atoms with van der Waals surface area (Å²) in [4.78, 5) is 18.3. The van der Waals surface area contributed by atoms with Crippen LogP contribution in [0, 0.1) is 0 Å². The number of nitrogen functional groups attached to an aromatic ring is 1. The van der Waals surface area contributed by atoms with E-state index in [9.17, 15) is 0 Å². The Balaban J connectivity index is 1.46. The predicted octanol–water partition coefficient (Wildman–Crippen LogP) is 5.76. The molecule has 182 valence electrons. The van der Waals surface area contributed by atoms with Crippen LogP contribution in [-0.2, 0) is 0 Å². The van der Waals surface area contributed by atoms with Gasteiger partial charge in [-0.05, 0) is 53.8 Å². The van der Waals surface area contributed by atoms with Crippen LogP contribution >= 0.6 is 0 Å². The number of nitrogens with zero attached hydrogens (tertiary/aromatic N) is 4. The molecule has 6 aromatic rings. The minimum Gasteiger partial charge on any atom is -0.490 e. The van der Waals surface area contributed by atoms with Crippen molar-refractivity contribution in [3.8, 4) is 28.1 Å². The van der Waals surface area contributed by atoms with Crippen molar-refractivity contribution >= 4 is 38.4 Å². The van der Waals surface area contributed by atoms with Crippen LogP contribution in [0.4, 0.5) is 5.82 Å². The van der Waals surface area contributed by atoms with Gasteiger partial charge < -0.3 is 16.2 Å². The monoisotopic (exact) mass is 486 g/mol. The molecule has 1 atom stereocenters. The van der Waals surface area contributed by atoms with Crippen LogP contribution in [0.3, 0.4) is 0 Å². The maximum atomic E-state index is 6.42. The van der Waals surface area contributed by atoms with Crippen molar-refractivity contribution in [2.45, 2.75) is 19.4 Å². The van der Waals surface area contributed by atoms with Crippen molar-refractivity contribution in [1.29, 1.82) is 0 Å². The highest BCUT2D eigenvalue weighted by atomic mass is 16.5. The molecule has 2 aromatic carbocycles. The molecule has 4 N–H and O–H groups in total. The molecular weight excluding hydrogens is 460 g/mol. The second kappa shape index (κ2) is 9.44. The van der Waals surface area contributed by atoms with E-state index in [1.54, 1.807) is 18.6 Å². The van der Waals surface area contributed by atoms with Crippen LogP contribution in [-0.4, -0.2) is 32.6 Å². The van der Waals surface area contributed by atoms with Crippen molar-refractivity contribution in [3.63, 3.8) is 0 Å². The first kappa shape index (κ1) is 22.8. The summed E-state index contributed by atoms with van der Waals surface area (Å²) in [6.07, 6.45) is 7.97. The maximum Gasteiger partial charge on any atom is 0.138 e. The van der Waals surface area contributed by atoms with Crippen molar-refractivity contribution < 1.29 is 4.74 Å². The van der Waals surface area contributed by atoms with Gasteiger partial charge in [0.15, 0.2) is 0 Å². The molecule has 7 nitrogen and oxygen atoms in total. The van der Waals surface area contributed by atoms with E-state index in [4.69, 9.17) is 16.2 Å². The zero-order valence-electron chi connectivity index (χ0n) is 20.4. The van der Waals surface area contributed by atoms with E-state index in [1.165, 1.54) is 0 Å². The van der Waals surface area contributed by atoms with E-state index in [-0.39, 0.29) is 6.04 Å². The Hall–Kier alpha value is -4.62. The van der Waals surface area contributed by atoms with Gasteiger partial charge in [-0.3, -0.25) is 15.0 Å². The lowest BCUT2D eigenvalue weighted by atomic mass is 9.99. The maximum absolute atomic E-state index is 6.42. The first-order valence-corrected chi connectivity index (χ1v) is 12.3. The average molecular weight is 487 g/mol. The van der Waals surface area contributed by atoms with Crippen LogP contribution < -0.4 is 16.2 Å². The fourth-order valence-electron chi connectivity index (χ4n) is 4.45. The van der Waals surface area contributed by atoms with Gasteiger partial charge in [0.2, 0.25) is 0 Å². The molecule has 6 rings (SSSR count). The average Bonchev–Trinajstić information content (AvgIpc) is 2.95. The van der Waals surface area contributed by atoms with Gasteiger partial charge in [-0.25, -0.2) is 4.98 Å². The number of fused-ring (bicyclic) bond motifs is 4. The van der Waals surface area contributed by atoms with E-state index < -0.39 is 0 Å². The largest absolute Gasteiger partial charge is 0.490 e.